The first kappa shape index (κ1) is 13.1. The maximum Gasteiger partial charge on any atom is 0.0702 e. The molecule has 1 heteroatoms. The zero-order valence-electron chi connectivity index (χ0n) is 9.10. The second kappa shape index (κ2) is 12.1. The summed E-state index contributed by atoms with van der Waals surface area (Å²) in [6.45, 7) is 2.43. The van der Waals surface area contributed by atoms with Crippen LogP contribution in [0.3, 0.4) is 0 Å². The molecule has 1 nitrogen and oxygen atoms in total. The van der Waals surface area contributed by atoms with Crippen molar-refractivity contribution in [3.05, 3.63) is 0 Å². The second-order valence-corrected chi connectivity index (χ2v) is 3.17. The molecule has 78 valence electrons. The lowest BCUT2D eigenvalue weighted by molar-refractivity contribution is 0.290. The highest BCUT2D eigenvalue weighted by Crippen LogP contribution is 1.96. The zero-order chi connectivity index (χ0) is 10.5. The van der Waals surface area contributed by atoms with Crippen LogP contribution in [0.1, 0.15) is 51.9 Å². The Bertz CT molecular complexity index is 221. The number of aliphatic hydroxyl groups excluding tert-OH is 1. The third-order valence-electron chi connectivity index (χ3n) is 1.79. The van der Waals surface area contributed by atoms with Crippen LogP contribution in [0.4, 0.5) is 0 Å². The number of rotatable bonds is 5. The van der Waals surface area contributed by atoms with Crippen LogP contribution < -0.4 is 0 Å². The summed E-state index contributed by atoms with van der Waals surface area (Å²) in [5.41, 5.74) is 0. The van der Waals surface area contributed by atoms with Gasteiger partial charge in [0.2, 0.25) is 0 Å². The standard InChI is InChI=1S/C13H20O/c1-2-3-4-5-6-7-8-9-10-11-12-13-14/h14H,2-5,8,11-13H2,1H3. The normalized spacial score (nSPS) is 8.43. The van der Waals surface area contributed by atoms with Crippen LogP contribution in [-0.2, 0) is 0 Å². The number of hydrogen-bond acceptors (Lipinski definition) is 1. The molecular weight excluding hydrogens is 172 g/mol. The fourth-order valence-corrected chi connectivity index (χ4v) is 0.977. The van der Waals surface area contributed by atoms with Gasteiger partial charge >= 0.3 is 0 Å². The fraction of sp³-hybridized carbons (Fsp3) is 0.692. The van der Waals surface area contributed by atoms with Gasteiger partial charge in [0.15, 0.2) is 0 Å². The molecule has 0 saturated carbocycles. The van der Waals surface area contributed by atoms with Gasteiger partial charge in [0, 0.05) is 19.4 Å². The van der Waals surface area contributed by atoms with E-state index in [1.807, 2.05) is 0 Å². The quantitative estimate of drug-likeness (QED) is 0.524. The van der Waals surface area contributed by atoms with Crippen LogP contribution in [-0.4, -0.2) is 11.7 Å². The highest BCUT2D eigenvalue weighted by atomic mass is 16.2. The maximum atomic E-state index is 8.49. The summed E-state index contributed by atoms with van der Waals surface area (Å²) >= 11 is 0. The van der Waals surface area contributed by atoms with Crippen LogP contribution in [0.5, 0.6) is 0 Å². The molecular formula is C13H20O. The summed E-state index contributed by atoms with van der Waals surface area (Å²) in [7, 11) is 0. The first-order chi connectivity index (χ1) is 6.91. The van der Waals surface area contributed by atoms with Crippen molar-refractivity contribution >= 4 is 0 Å². The van der Waals surface area contributed by atoms with E-state index in [0.29, 0.717) is 6.42 Å². The Morgan fingerprint density at radius 1 is 0.857 bits per heavy atom. The Morgan fingerprint density at radius 2 is 1.50 bits per heavy atom. The molecule has 0 heterocycles. The van der Waals surface area contributed by atoms with Gasteiger partial charge in [0.25, 0.3) is 0 Å². The highest BCUT2D eigenvalue weighted by Gasteiger charge is 1.80. The van der Waals surface area contributed by atoms with Gasteiger partial charge in [-0.3, -0.25) is 0 Å². The van der Waals surface area contributed by atoms with Gasteiger partial charge in [-0.05, 0) is 12.8 Å². The van der Waals surface area contributed by atoms with Gasteiger partial charge in [0.1, 0.15) is 0 Å². The molecule has 0 fully saturated rings. The Balaban J connectivity index is 3.26. The largest absolute Gasteiger partial charge is 0.396 e. The molecule has 0 aromatic heterocycles. The average molecular weight is 192 g/mol. The second-order valence-electron chi connectivity index (χ2n) is 3.17. The lowest BCUT2D eigenvalue weighted by Gasteiger charge is -1.87. The number of aliphatic hydroxyl groups is 1. The van der Waals surface area contributed by atoms with E-state index in [9.17, 15) is 0 Å². The average Bonchev–Trinajstić information content (AvgIpc) is 2.21. The van der Waals surface area contributed by atoms with Gasteiger partial charge in [-0.25, -0.2) is 0 Å². The molecule has 0 aromatic carbocycles. The summed E-state index contributed by atoms with van der Waals surface area (Å²) in [5.74, 6) is 12.1. The highest BCUT2D eigenvalue weighted by molar-refractivity contribution is 5.11. The summed E-state index contributed by atoms with van der Waals surface area (Å²) in [6, 6.07) is 0. The lowest BCUT2D eigenvalue weighted by Crippen LogP contribution is -1.78. The van der Waals surface area contributed by atoms with E-state index in [-0.39, 0.29) is 6.61 Å². The minimum Gasteiger partial charge on any atom is -0.396 e. The fourth-order valence-electron chi connectivity index (χ4n) is 0.977. The third-order valence-corrected chi connectivity index (χ3v) is 1.79. The third kappa shape index (κ3) is 11.1. The Morgan fingerprint density at radius 3 is 2.07 bits per heavy atom. The molecule has 0 atom stereocenters. The SMILES string of the molecule is CCCCCC#CCC#CCCCO. The van der Waals surface area contributed by atoms with Gasteiger partial charge in [0.05, 0.1) is 6.42 Å². The van der Waals surface area contributed by atoms with Gasteiger partial charge in [-0.15, -0.1) is 11.8 Å². The molecule has 0 amide bonds. The zero-order valence-corrected chi connectivity index (χ0v) is 9.10. The number of hydrogen-bond donors (Lipinski definition) is 1. The molecule has 0 aliphatic carbocycles. The summed E-state index contributed by atoms with van der Waals surface area (Å²) in [6.07, 6.45) is 6.98. The van der Waals surface area contributed by atoms with Gasteiger partial charge in [-0.2, -0.15) is 0 Å². The van der Waals surface area contributed by atoms with E-state index in [4.69, 9.17) is 5.11 Å². The molecule has 0 saturated heterocycles. The molecule has 0 spiro atoms. The van der Waals surface area contributed by atoms with E-state index in [0.717, 1.165) is 19.3 Å². The van der Waals surface area contributed by atoms with E-state index in [1.54, 1.807) is 0 Å². The van der Waals surface area contributed by atoms with Crippen molar-refractivity contribution < 1.29 is 5.11 Å². The molecule has 0 aliphatic heterocycles. The van der Waals surface area contributed by atoms with E-state index in [1.165, 1.54) is 19.3 Å². The molecule has 0 aliphatic rings. The summed E-state index contributed by atoms with van der Waals surface area (Å²) < 4.78 is 0. The first-order valence-electron chi connectivity index (χ1n) is 5.44. The Hall–Kier alpha value is -0.920. The van der Waals surface area contributed by atoms with Crippen LogP contribution >= 0.6 is 0 Å². The molecule has 0 radical (unpaired) electrons. The van der Waals surface area contributed by atoms with Crippen molar-refractivity contribution in [2.75, 3.05) is 6.61 Å². The number of unbranched alkanes of at least 4 members (excludes halogenated alkanes) is 4. The predicted octanol–water partition coefficient (Wildman–Crippen LogP) is 2.74. The molecule has 14 heavy (non-hydrogen) atoms. The van der Waals surface area contributed by atoms with Crippen molar-refractivity contribution in [3.8, 4) is 23.7 Å². The first-order valence-corrected chi connectivity index (χ1v) is 5.44. The molecule has 0 rings (SSSR count). The summed E-state index contributed by atoms with van der Waals surface area (Å²) in [5, 5.41) is 8.49. The van der Waals surface area contributed by atoms with Crippen molar-refractivity contribution in [2.45, 2.75) is 51.9 Å². The Kier molecular flexibility index (Phi) is 11.3. The molecule has 1 N–H and O–H groups in total. The lowest BCUT2D eigenvalue weighted by atomic mass is 10.2. The molecule has 0 bridgehead atoms. The minimum absolute atomic E-state index is 0.234. The smallest absolute Gasteiger partial charge is 0.0702 e. The van der Waals surface area contributed by atoms with Crippen LogP contribution in [0.25, 0.3) is 0 Å². The van der Waals surface area contributed by atoms with Crippen molar-refractivity contribution in [3.63, 3.8) is 0 Å². The van der Waals surface area contributed by atoms with Crippen LogP contribution in [0.15, 0.2) is 0 Å². The van der Waals surface area contributed by atoms with E-state index in [2.05, 4.69) is 30.6 Å². The monoisotopic (exact) mass is 192 g/mol. The van der Waals surface area contributed by atoms with E-state index < -0.39 is 0 Å². The van der Waals surface area contributed by atoms with Crippen molar-refractivity contribution in [2.24, 2.45) is 0 Å². The minimum atomic E-state index is 0.234. The van der Waals surface area contributed by atoms with Gasteiger partial charge in [-0.1, -0.05) is 31.6 Å². The molecule has 0 aromatic rings. The van der Waals surface area contributed by atoms with Crippen molar-refractivity contribution in [1.29, 1.82) is 0 Å². The Labute approximate surface area is 87.9 Å². The molecule has 0 unspecified atom stereocenters. The maximum absolute atomic E-state index is 8.49. The summed E-state index contributed by atoms with van der Waals surface area (Å²) in [4.78, 5) is 0. The van der Waals surface area contributed by atoms with Crippen LogP contribution in [0, 0.1) is 23.7 Å². The predicted molar refractivity (Wildman–Crippen MR) is 60.6 cm³/mol. The topological polar surface area (TPSA) is 20.2 Å². The van der Waals surface area contributed by atoms with Gasteiger partial charge < -0.3 is 5.11 Å². The van der Waals surface area contributed by atoms with Crippen molar-refractivity contribution in [1.82, 2.24) is 0 Å². The van der Waals surface area contributed by atoms with E-state index >= 15 is 0 Å². The van der Waals surface area contributed by atoms with Crippen LogP contribution in [0.2, 0.25) is 0 Å².